The van der Waals surface area contributed by atoms with Crippen molar-refractivity contribution in [2.24, 2.45) is 5.41 Å². The summed E-state index contributed by atoms with van der Waals surface area (Å²) >= 11 is 0. The van der Waals surface area contributed by atoms with E-state index in [1.807, 2.05) is 13.0 Å². The summed E-state index contributed by atoms with van der Waals surface area (Å²) < 4.78 is 11.2. The molecule has 2 nitrogen and oxygen atoms in total. The molecule has 2 heteroatoms. The summed E-state index contributed by atoms with van der Waals surface area (Å²) in [5.74, 6) is -0.390. The second kappa shape index (κ2) is 4.31. The minimum absolute atomic E-state index is 0.170. The molecule has 0 aromatic heterocycles. The van der Waals surface area contributed by atoms with Gasteiger partial charge in [-0.1, -0.05) is 20.4 Å². The van der Waals surface area contributed by atoms with E-state index >= 15 is 0 Å². The van der Waals surface area contributed by atoms with Gasteiger partial charge in [0, 0.05) is 6.42 Å². The highest BCUT2D eigenvalue weighted by atomic mass is 16.7. The van der Waals surface area contributed by atoms with Gasteiger partial charge in [-0.2, -0.15) is 0 Å². The summed E-state index contributed by atoms with van der Waals surface area (Å²) in [5.41, 5.74) is 2.98. The van der Waals surface area contributed by atoms with Crippen LogP contribution in [0.3, 0.4) is 0 Å². The lowest BCUT2D eigenvalue weighted by Gasteiger charge is -2.32. The Kier molecular flexibility index (Phi) is 3.54. The van der Waals surface area contributed by atoms with E-state index in [0.717, 1.165) is 12.8 Å². The van der Waals surface area contributed by atoms with Crippen LogP contribution in [-0.2, 0) is 9.47 Å². The molecule has 0 atom stereocenters. The highest BCUT2D eigenvalue weighted by molar-refractivity contribution is 4.87. The van der Waals surface area contributed by atoms with Crippen LogP contribution >= 0.6 is 0 Å². The molecule has 0 amide bonds. The van der Waals surface area contributed by atoms with Crippen LogP contribution in [0.2, 0.25) is 0 Å². The Bertz CT molecular complexity index is 231. The zero-order chi connectivity index (χ0) is 10.7. The monoisotopic (exact) mass is 196 g/mol. The molecule has 0 spiro atoms. The van der Waals surface area contributed by atoms with E-state index in [-0.39, 0.29) is 5.41 Å². The van der Waals surface area contributed by atoms with E-state index in [1.54, 1.807) is 0 Å². The summed E-state index contributed by atoms with van der Waals surface area (Å²) in [4.78, 5) is 0. The first-order chi connectivity index (χ1) is 6.47. The van der Waals surface area contributed by atoms with Crippen molar-refractivity contribution in [1.82, 2.24) is 0 Å². The molecule has 0 aliphatic carbocycles. The van der Waals surface area contributed by atoms with E-state index in [2.05, 4.69) is 26.2 Å². The smallest absolute Gasteiger partial charge is 0.166 e. The topological polar surface area (TPSA) is 18.5 Å². The lowest BCUT2D eigenvalue weighted by molar-refractivity contribution is -0.163. The first-order valence-corrected chi connectivity index (χ1v) is 5.10. The van der Waals surface area contributed by atoms with Gasteiger partial charge >= 0.3 is 0 Å². The van der Waals surface area contributed by atoms with Crippen molar-refractivity contribution >= 4 is 0 Å². The molecule has 1 heterocycles. The summed E-state index contributed by atoms with van der Waals surface area (Å²) in [5, 5.41) is 0. The normalized spacial score (nSPS) is 20.5. The van der Waals surface area contributed by atoms with E-state index in [1.165, 1.54) is 0 Å². The van der Waals surface area contributed by atoms with Crippen molar-refractivity contribution in [3.8, 4) is 0 Å². The summed E-state index contributed by atoms with van der Waals surface area (Å²) in [6.07, 6.45) is 3.83. The average molecular weight is 196 g/mol. The van der Waals surface area contributed by atoms with E-state index in [4.69, 9.17) is 9.47 Å². The Morgan fingerprint density at radius 2 is 2.00 bits per heavy atom. The summed E-state index contributed by atoms with van der Waals surface area (Å²) in [7, 11) is 0. The van der Waals surface area contributed by atoms with Gasteiger partial charge in [0.05, 0.1) is 13.2 Å². The van der Waals surface area contributed by atoms with Crippen molar-refractivity contribution in [2.45, 2.75) is 39.4 Å². The van der Waals surface area contributed by atoms with Gasteiger partial charge in [-0.25, -0.2) is 0 Å². The molecule has 0 aromatic rings. The SMILES string of the molecule is C=C=CCC(C)(C)CC1(C)OCCO1. The fraction of sp³-hybridized carbons (Fsp3) is 0.750. The number of allylic oxidation sites excluding steroid dienone is 1. The first-order valence-electron chi connectivity index (χ1n) is 5.10. The molecule has 0 saturated carbocycles. The van der Waals surface area contributed by atoms with Gasteiger partial charge in [0.25, 0.3) is 0 Å². The van der Waals surface area contributed by atoms with Crippen LogP contribution in [0, 0.1) is 5.41 Å². The van der Waals surface area contributed by atoms with E-state index < -0.39 is 5.79 Å². The number of ether oxygens (including phenoxy) is 2. The van der Waals surface area contributed by atoms with Gasteiger partial charge in [-0.15, -0.1) is 5.73 Å². The molecule has 0 N–H and O–H groups in total. The third-order valence-electron chi connectivity index (χ3n) is 2.50. The van der Waals surface area contributed by atoms with Gasteiger partial charge in [-0.05, 0) is 24.8 Å². The molecule has 0 radical (unpaired) electrons. The number of hydrogen-bond donors (Lipinski definition) is 0. The fourth-order valence-electron chi connectivity index (χ4n) is 1.95. The van der Waals surface area contributed by atoms with Crippen LogP contribution in [0.25, 0.3) is 0 Å². The van der Waals surface area contributed by atoms with Gasteiger partial charge < -0.3 is 9.47 Å². The van der Waals surface area contributed by atoms with Crippen molar-refractivity contribution in [3.63, 3.8) is 0 Å². The van der Waals surface area contributed by atoms with E-state index in [0.29, 0.717) is 13.2 Å². The predicted octanol–water partition coefficient (Wildman–Crippen LogP) is 2.90. The standard InChI is InChI=1S/C12H20O2/c1-5-6-7-11(2,3)10-12(4)13-8-9-14-12/h6H,1,7-10H2,2-4H3. The second-order valence-electron chi connectivity index (χ2n) is 4.78. The maximum atomic E-state index is 5.58. The van der Waals surface area contributed by atoms with Crippen LogP contribution in [0.1, 0.15) is 33.6 Å². The molecule has 0 bridgehead atoms. The van der Waals surface area contributed by atoms with Crippen LogP contribution in [0.4, 0.5) is 0 Å². The Balaban J connectivity index is 2.52. The number of rotatable bonds is 4. The predicted molar refractivity (Wildman–Crippen MR) is 57.0 cm³/mol. The highest BCUT2D eigenvalue weighted by Gasteiger charge is 2.36. The molecule has 80 valence electrons. The highest BCUT2D eigenvalue weighted by Crippen LogP contribution is 2.36. The minimum Gasteiger partial charge on any atom is -0.348 e. The largest absolute Gasteiger partial charge is 0.348 e. The summed E-state index contributed by atoms with van der Waals surface area (Å²) in [6.45, 7) is 11.4. The molecule has 0 aromatic carbocycles. The van der Waals surface area contributed by atoms with Crippen LogP contribution in [-0.4, -0.2) is 19.0 Å². The Morgan fingerprint density at radius 3 is 2.50 bits per heavy atom. The quantitative estimate of drug-likeness (QED) is 0.644. The molecule has 0 unspecified atom stereocenters. The Morgan fingerprint density at radius 1 is 1.43 bits per heavy atom. The maximum Gasteiger partial charge on any atom is 0.166 e. The van der Waals surface area contributed by atoms with Gasteiger partial charge in [-0.3, -0.25) is 0 Å². The molecular formula is C12H20O2. The Labute approximate surface area is 86.6 Å². The van der Waals surface area contributed by atoms with Crippen molar-refractivity contribution in [1.29, 1.82) is 0 Å². The van der Waals surface area contributed by atoms with Gasteiger partial charge in [0.1, 0.15) is 0 Å². The minimum atomic E-state index is -0.390. The molecule has 14 heavy (non-hydrogen) atoms. The molecule has 1 fully saturated rings. The Hall–Kier alpha value is -0.560. The number of hydrogen-bond acceptors (Lipinski definition) is 2. The van der Waals surface area contributed by atoms with Crippen LogP contribution in [0.5, 0.6) is 0 Å². The molecule has 1 aliphatic rings. The van der Waals surface area contributed by atoms with Crippen molar-refractivity contribution < 1.29 is 9.47 Å². The third-order valence-corrected chi connectivity index (χ3v) is 2.50. The van der Waals surface area contributed by atoms with Crippen LogP contribution in [0.15, 0.2) is 18.4 Å². The fourth-order valence-corrected chi connectivity index (χ4v) is 1.95. The molecule has 1 aliphatic heterocycles. The lowest BCUT2D eigenvalue weighted by atomic mass is 9.82. The molecule has 1 saturated heterocycles. The molecular weight excluding hydrogens is 176 g/mol. The first kappa shape index (κ1) is 11.5. The zero-order valence-electron chi connectivity index (χ0n) is 9.43. The summed E-state index contributed by atoms with van der Waals surface area (Å²) in [6, 6.07) is 0. The third kappa shape index (κ3) is 3.30. The second-order valence-corrected chi connectivity index (χ2v) is 4.78. The maximum absolute atomic E-state index is 5.58. The average Bonchev–Trinajstić information content (AvgIpc) is 2.47. The van der Waals surface area contributed by atoms with Crippen molar-refractivity contribution in [2.75, 3.05) is 13.2 Å². The van der Waals surface area contributed by atoms with Crippen molar-refractivity contribution in [3.05, 3.63) is 18.4 Å². The zero-order valence-corrected chi connectivity index (χ0v) is 9.43. The molecule has 1 rings (SSSR count). The van der Waals surface area contributed by atoms with E-state index in [9.17, 15) is 0 Å². The van der Waals surface area contributed by atoms with Gasteiger partial charge in [0.2, 0.25) is 0 Å². The van der Waals surface area contributed by atoms with Gasteiger partial charge in [0.15, 0.2) is 5.79 Å². The lowest BCUT2D eigenvalue weighted by Crippen LogP contribution is -2.32. The van der Waals surface area contributed by atoms with Crippen LogP contribution < -0.4 is 0 Å².